The predicted octanol–water partition coefficient (Wildman–Crippen LogP) is 3.62. The van der Waals surface area contributed by atoms with Gasteiger partial charge in [-0.15, -0.1) is 0 Å². The van der Waals surface area contributed by atoms with Gasteiger partial charge in [0.15, 0.2) is 0 Å². The maximum Gasteiger partial charge on any atom is 0.243 e. The van der Waals surface area contributed by atoms with Crippen molar-refractivity contribution in [2.75, 3.05) is 22.5 Å². The Morgan fingerprint density at radius 1 is 0.833 bits per heavy atom. The van der Waals surface area contributed by atoms with Crippen molar-refractivity contribution in [1.82, 2.24) is 0 Å². The minimum atomic E-state index is -0.122. The number of benzene rings is 2. The Hall–Kier alpha value is -2.82. The van der Waals surface area contributed by atoms with Crippen LogP contribution in [0.3, 0.4) is 0 Å². The number of amides is 2. The van der Waals surface area contributed by atoms with Crippen LogP contribution in [0.2, 0.25) is 0 Å². The fraction of sp³-hybridized carbons (Fsp3) is 0.263. The molecule has 2 amide bonds. The van der Waals surface area contributed by atoms with Crippen LogP contribution in [0.25, 0.3) is 0 Å². The maximum absolute atomic E-state index is 12.2. The number of nitrogens with one attached hydrogen (secondary N) is 3. The fourth-order valence-electron chi connectivity index (χ4n) is 2.41. The molecule has 0 fully saturated rings. The molecule has 0 heterocycles. The van der Waals surface area contributed by atoms with Crippen molar-refractivity contribution in [3.05, 3.63) is 53.1 Å². The highest BCUT2D eigenvalue weighted by Gasteiger charge is 2.08. The number of carbonyl (C=O) groups is 2. The molecule has 2 aromatic rings. The van der Waals surface area contributed by atoms with Gasteiger partial charge in [0.1, 0.15) is 0 Å². The molecular weight excluding hydrogens is 302 g/mol. The summed E-state index contributed by atoms with van der Waals surface area (Å²) in [6.45, 7) is 7.52. The largest absolute Gasteiger partial charge is 0.376 e. The molecule has 0 spiro atoms. The van der Waals surface area contributed by atoms with Crippen molar-refractivity contribution < 1.29 is 9.59 Å². The van der Waals surface area contributed by atoms with E-state index in [9.17, 15) is 9.59 Å². The highest BCUT2D eigenvalue weighted by molar-refractivity contribution is 5.95. The van der Waals surface area contributed by atoms with E-state index in [-0.39, 0.29) is 18.4 Å². The van der Waals surface area contributed by atoms with Crippen molar-refractivity contribution in [3.63, 3.8) is 0 Å². The van der Waals surface area contributed by atoms with E-state index in [0.29, 0.717) is 0 Å². The molecule has 0 saturated heterocycles. The van der Waals surface area contributed by atoms with Crippen LogP contribution in [-0.2, 0) is 9.59 Å². The number of rotatable bonds is 5. The van der Waals surface area contributed by atoms with Crippen molar-refractivity contribution in [1.29, 1.82) is 0 Å². The number of hydrogen-bond donors (Lipinski definition) is 3. The van der Waals surface area contributed by atoms with Crippen LogP contribution in [0.4, 0.5) is 17.1 Å². The average molecular weight is 325 g/mol. The zero-order chi connectivity index (χ0) is 17.7. The van der Waals surface area contributed by atoms with E-state index in [2.05, 4.69) is 16.0 Å². The smallest absolute Gasteiger partial charge is 0.243 e. The average Bonchev–Trinajstić information content (AvgIpc) is 2.52. The Bertz CT molecular complexity index is 769. The van der Waals surface area contributed by atoms with Crippen LogP contribution in [0, 0.1) is 20.8 Å². The zero-order valence-corrected chi connectivity index (χ0v) is 14.5. The van der Waals surface area contributed by atoms with Crippen molar-refractivity contribution in [2.45, 2.75) is 27.7 Å². The van der Waals surface area contributed by atoms with Gasteiger partial charge in [-0.25, -0.2) is 0 Å². The lowest BCUT2D eigenvalue weighted by Gasteiger charge is -2.14. The first-order chi connectivity index (χ1) is 11.4. The summed E-state index contributed by atoms with van der Waals surface area (Å²) in [5.41, 5.74) is 5.48. The Morgan fingerprint density at radius 2 is 1.42 bits per heavy atom. The predicted molar refractivity (Wildman–Crippen MR) is 98.5 cm³/mol. The van der Waals surface area contributed by atoms with Gasteiger partial charge in [0.05, 0.1) is 6.54 Å². The molecule has 0 unspecified atom stereocenters. The molecule has 5 heteroatoms. The third-order valence-corrected chi connectivity index (χ3v) is 3.96. The first-order valence-electron chi connectivity index (χ1n) is 7.85. The van der Waals surface area contributed by atoms with E-state index in [4.69, 9.17) is 0 Å². The van der Waals surface area contributed by atoms with E-state index in [1.807, 2.05) is 57.2 Å². The molecule has 5 nitrogen and oxygen atoms in total. The zero-order valence-electron chi connectivity index (χ0n) is 14.5. The maximum atomic E-state index is 12.2. The lowest BCUT2D eigenvalue weighted by Crippen LogP contribution is -2.22. The highest BCUT2D eigenvalue weighted by atomic mass is 16.2. The molecule has 2 rings (SSSR count). The lowest BCUT2D eigenvalue weighted by molar-refractivity contribution is -0.115. The SMILES string of the molecule is CC(=O)Nc1cccc(NCC(=O)Nc2cccc(C)c2C)c1C. The summed E-state index contributed by atoms with van der Waals surface area (Å²) >= 11 is 0. The Kier molecular flexibility index (Phi) is 5.58. The monoisotopic (exact) mass is 325 g/mol. The van der Waals surface area contributed by atoms with Crippen LogP contribution in [-0.4, -0.2) is 18.4 Å². The molecule has 2 aromatic carbocycles. The minimum absolute atomic E-state index is 0.118. The molecule has 0 aliphatic carbocycles. The molecule has 24 heavy (non-hydrogen) atoms. The van der Waals surface area contributed by atoms with Gasteiger partial charge in [-0.05, 0) is 55.7 Å². The second-order valence-corrected chi connectivity index (χ2v) is 5.81. The van der Waals surface area contributed by atoms with Crippen LogP contribution < -0.4 is 16.0 Å². The normalized spacial score (nSPS) is 10.2. The third-order valence-electron chi connectivity index (χ3n) is 3.96. The van der Waals surface area contributed by atoms with E-state index >= 15 is 0 Å². The van der Waals surface area contributed by atoms with E-state index in [1.54, 1.807) is 0 Å². The number of carbonyl (C=O) groups excluding carboxylic acids is 2. The lowest BCUT2D eigenvalue weighted by atomic mass is 10.1. The summed E-state index contributed by atoms with van der Waals surface area (Å²) in [6.07, 6.45) is 0. The molecular formula is C19H23N3O2. The van der Waals surface area contributed by atoms with Crippen LogP contribution in [0.15, 0.2) is 36.4 Å². The topological polar surface area (TPSA) is 70.2 Å². The fourth-order valence-corrected chi connectivity index (χ4v) is 2.41. The standard InChI is InChI=1S/C19H23N3O2/c1-12-7-5-9-17(13(12)2)22-19(24)11-20-16-8-6-10-18(14(16)3)21-15(4)23/h5-10,20H,11H2,1-4H3,(H,21,23)(H,22,24). The first kappa shape index (κ1) is 17.5. The summed E-state index contributed by atoms with van der Waals surface area (Å²) in [5.74, 6) is -0.240. The Balaban J connectivity index is 2.02. The van der Waals surface area contributed by atoms with Crippen molar-refractivity contribution in [3.8, 4) is 0 Å². The summed E-state index contributed by atoms with van der Waals surface area (Å²) in [4.78, 5) is 23.4. The van der Waals surface area contributed by atoms with E-state index in [0.717, 1.165) is 33.8 Å². The molecule has 0 atom stereocenters. The van der Waals surface area contributed by atoms with Crippen molar-refractivity contribution >= 4 is 28.9 Å². The Labute approximate surface area is 142 Å². The van der Waals surface area contributed by atoms with E-state index < -0.39 is 0 Å². The van der Waals surface area contributed by atoms with Gasteiger partial charge >= 0.3 is 0 Å². The van der Waals surface area contributed by atoms with Gasteiger partial charge in [0.25, 0.3) is 0 Å². The van der Waals surface area contributed by atoms with E-state index in [1.165, 1.54) is 6.92 Å². The molecule has 0 aliphatic rings. The minimum Gasteiger partial charge on any atom is -0.376 e. The molecule has 0 radical (unpaired) electrons. The summed E-state index contributed by atoms with van der Waals surface area (Å²) < 4.78 is 0. The molecule has 0 bridgehead atoms. The summed E-state index contributed by atoms with van der Waals surface area (Å²) in [5, 5.41) is 8.81. The van der Waals surface area contributed by atoms with Crippen LogP contribution >= 0.6 is 0 Å². The third kappa shape index (κ3) is 4.35. The molecule has 0 saturated carbocycles. The molecule has 3 N–H and O–H groups in total. The van der Waals surface area contributed by atoms with Crippen molar-refractivity contribution in [2.24, 2.45) is 0 Å². The Morgan fingerprint density at radius 3 is 2.08 bits per heavy atom. The van der Waals surface area contributed by atoms with Gasteiger partial charge in [0.2, 0.25) is 11.8 Å². The number of hydrogen-bond acceptors (Lipinski definition) is 3. The second-order valence-electron chi connectivity index (χ2n) is 5.81. The van der Waals surface area contributed by atoms with Gasteiger partial charge in [-0.1, -0.05) is 18.2 Å². The molecule has 126 valence electrons. The summed E-state index contributed by atoms with van der Waals surface area (Å²) in [6, 6.07) is 11.4. The first-order valence-corrected chi connectivity index (χ1v) is 7.85. The number of anilines is 3. The second kappa shape index (κ2) is 7.64. The van der Waals surface area contributed by atoms with Gasteiger partial charge in [-0.3, -0.25) is 9.59 Å². The van der Waals surface area contributed by atoms with Crippen LogP contribution in [0.5, 0.6) is 0 Å². The van der Waals surface area contributed by atoms with Crippen LogP contribution in [0.1, 0.15) is 23.6 Å². The quantitative estimate of drug-likeness (QED) is 0.786. The van der Waals surface area contributed by atoms with Gasteiger partial charge < -0.3 is 16.0 Å². The molecule has 0 aliphatic heterocycles. The molecule has 0 aromatic heterocycles. The highest BCUT2D eigenvalue weighted by Crippen LogP contribution is 2.23. The van der Waals surface area contributed by atoms with Gasteiger partial charge in [0, 0.05) is 24.0 Å². The van der Waals surface area contributed by atoms with Gasteiger partial charge in [-0.2, -0.15) is 0 Å². The summed E-state index contributed by atoms with van der Waals surface area (Å²) in [7, 11) is 0. The number of aryl methyl sites for hydroxylation is 1.